The number of sulfonamides is 1. The summed E-state index contributed by atoms with van der Waals surface area (Å²) < 4.78 is 54.8. The van der Waals surface area contributed by atoms with Crippen molar-refractivity contribution in [1.82, 2.24) is 15.3 Å². The molecule has 0 aliphatic carbocycles. The van der Waals surface area contributed by atoms with Gasteiger partial charge in [-0.2, -0.15) is 0 Å². The molecule has 0 spiro atoms. The summed E-state index contributed by atoms with van der Waals surface area (Å²) in [6.45, 7) is 0.0995. The molecule has 0 radical (unpaired) electrons. The van der Waals surface area contributed by atoms with E-state index < -0.39 is 39.8 Å². The van der Waals surface area contributed by atoms with Gasteiger partial charge < -0.3 is 38.7 Å². The van der Waals surface area contributed by atoms with E-state index in [1.807, 2.05) is 0 Å². The van der Waals surface area contributed by atoms with Gasteiger partial charge in [0.2, 0.25) is 5.91 Å². The van der Waals surface area contributed by atoms with Crippen LogP contribution < -0.4 is 33.7 Å². The Balaban J connectivity index is 1.52. The molecule has 17 nitrogen and oxygen atoms in total. The number of imide groups is 1. The Labute approximate surface area is 283 Å². The molecule has 0 aromatic heterocycles. The van der Waals surface area contributed by atoms with E-state index in [0.29, 0.717) is 27.9 Å². The first kappa shape index (κ1) is 37.9. The highest BCUT2D eigenvalue weighted by Gasteiger charge is 2.32. The van der Waals surface area contributed by atoms with Crippen LogP contribution in [0.4, 0.5) is 10.5 Å². The molecule has 2 aromatic rings. The highest BCUT2D eigenvalue weighted by Crippen LogP contribution is 2.35. The minimum Gasteiger partial charge on any atom is -0.496 e. The van der Waals surface area contributed by atoms with E-state index in [1.54, 1.807) is 12.1 Å². The molecule has 0 atom stereocenters. The van der Waals surface area contributed by atoms with Crippen LogP contribution in [0.1, 0.15) is 37.7 Å². The third kappa shape index (κ3) is 11.0. The summed E-state index contributed by atoms with van der Waals surface area (Å²) in [7, 11) is 3.00. The van der Waals surface area contributed by atoms with Crippen molar-refractivity contribution in [1.29, 1.82) is 0 Å². The number of nitrogens with zero attached hydrogens (tertiary/aromatic N) is 2. The van der Waals surface area contributed by atoms with Crippen molar-refractivity contribution in [2.24, 2.45) is 0 Å². The highest BCUT2D eigenvalue weighted by molar-refractivity contribution is 7.95. The molecule has 1 aliphatic rings. The maximum atomic E-state index is 12.9. The molecule has 266 valence electrons. The van der Waals surface area contributed by atoms with Gasteiger partial charge in [0.15, 0.2) is 11.5 Å². The monoisotopic (exact) mass is 706 g/mol. The summed E-state index contributed by atoms with van der Waals surface area (Å²) in [5.74, 6) is -1.22. The van der Waals surface area contributed by atoms with Gasteiger partial charge in [0.25, 0.3) is 21.8 Å². The smallest absolute Gasteiger partial charge is 0.415 e. The third-order valence-electron chi connectivity index (χ3n) is 6.85. The van der Waals surface area contributed by atoms with Gasteiger partial charge in [-0.15, -0.1) is 5.06 Å². The number of carbonyl (C=O) groups is 5. The zero-order chi connectivity index (χ0) is 36.1. The summed E-state index contributed by atoms with van der Waals surface area (Å²) in [5, 5.41) is 3.97. The lowest BCUT2D eigenvalue weighted by molar-refractivity contribution is -0.197. The molecular weight excluding hydrogens is 668 g/mol. The van der Waals surface area contributed by atoms with Gasteiger partial charge in [-0.25, -0.2) is 18.0 Å². The van der Waals surface area contributed by atoms with Gasteiger partial charge in [-0.3, -0.25) is 19.1 Å². The van der Waals surface area contributed by atoms with Crippen molar-refractivity contribution >= 4 is 51.6 Å². The van der Waals surface area contributed by atoms with Crippen molar-refractivity contribution in [3.63, 3.8) is 0 Å². The summed E-state index contributed by atoms with van der Waals surface area (Å²) in [6, 6.07) is 7.25. The number of benzene rings is 2. The zero-order valence-electron chi connectivity index (χ0n) is 27.6. The molecule has 0 saturated carbocycles. The zero-order valence-corrected chi connectivity index (χ0v) is 28.4. The summed E-state index contributed by atoms with van der Waals surface area (Å²) in [5.41, 5.74) is 0.425. The van der Waals surface area contributed by atoms with Crippen LogP contribution in [0.25, 0.3) is 6.08 Å². The van der Waals surface area contributed by atoms with Crippen LogP contribution in [0.15, 0.2) is 35.7 Å². The van der Waals surface area contributed by atoms with Crippen molar-refractivity contribution in [2.75, 3.05) is 53.3 Å². The standard InChI is InChI=1S/C31H38N4O13S/c1-34(15-14-32-27(36)7-6-8-30(39)48-35-28(37)11-12-29(35)38)31(40)47-26-17-20(9-10-23(26)44-3)33-49(41,42)16-13-22-24(45-4)18-21(43-2)19-25(22)46-5/h9-10,13,16-19,33H,6-8,11-12,14-15H2,1-5H3,(H,32,36)/b16-13+. The molecular formula is C31H38N4O13S. The molecule has 0 unspecified atom stereocenters. The lowest BCUT2D eigenvalue weighted by Crippen LogP contribution is -2.37. The Morgan fingerprint density at radius 3 is 2.10 bits per heavy atom. The van der Waals surface area contributed by atoms with Crippen LogP contribution in [-0.4, -0.2) is 96.7 Å². The van der Waals surface area contributed by atoms with Gasteiger partial charge in [-0.1, -0.05) is 0 Å². The van der Waals surface area contributed by atoms with Gasteiger partial charge in [0.05, 0.1) is 45.1 Å². The number of nitrogens with one attached hydrogen (secondary N) is 2. The molecule has 3 rings (SSSR count). The highest BCUT2D eigenvalue weighted by atomic mass is 32.2. The normalized spacial score (nSPS) is 12.8. The van der Waals surface area contributed by atoms with Crippen molar-refractivity contribution in [3.8, 4) is 28.7 Å². The molecule has 2 aromatic carbocycles. The van der Waals surface area contributed by atoms with E-state index >= 15 is 0 Å². The van der Waals surface area contributed by atoms with Crippen LogP contribution in [0.2, 0.25) is 0 Å². The Bertz CT molecular complexity index is 1650. The van der Waals surface area contributed by atoms with Crippen LogP contribution in [0.5, 0.6) is 28.7 Å². The number of methoxy groups -OCH3 is 4. The van der Waals surface area contributed by atoms with Gasteiger partial charge >= 0.3 is 12.1 Å². The van der Waals surface area contributed by atoms with Crippen LogP contribution in [0.3, 0.4) is 0 Å². The number of rotatable bonds is 17. The summed E-state index contributed by atoms with van der Waals surface area (Å²) >= 11 is 0. The summed E-state index contributed by atoms with van der Waals surface area (Å²) in [4.78, 5) is 65.7. The van der Waals surface area contributed by atoms with Crippen LogP contribution in [-0.2, 0) is 34.0 Å². The Morgan fingerprint density at radius 1 is 0.878 bits per heavy atom. The molecule has 1 aliphatic heterocycles. The van der Waals surface area contributed by atoms with Crippen LogP contribution in [0, 0.1) is 0 Å². The average molecular weight is 707 g/mol. The molecule has 1 saturated heterocycles. The molecule has 0 bridgehead atoms. The van der Waals surface area contributed by atoms with E-state index in [1.165, 1.54) is 64.7 Å². The Morgan fingerprint density at radius 2 is 1.51 bits per heavy atom. The summed E-state index contributed by atoms with van der Waals surface area (Å²) in [6.07, 6.45) is 0.328. The third-order valence-corrected chi connectivity index (χ3v) is 7.87. The molecule has 49 heavy (non-hydrogen) atoms. The van der Waals surface area contributed by atoms with E-state index in [2.05, 4.69) is 10.0 Å². The molecule has 1 heterocycles. The number of carbonyl (C=O) groups excluding carboxylic acids is 5. The number of likely N-dealkylation sites (N-methyl/N-ethyl adjacent to an activating group) is 1. The maximum Gasteiger partial charge on any atom is 0.415 e. The van der Waals surface area contributed by atoms with Gasteiger partial charge in [0, 0.05) is 64.0 Å². The predicted octanol–water partition coefficient (Wildman–Crippen LogP) is 2.46. The number of hydroxylamine groups is 2. The van der Waals surface area contributed by atoms with Gasteiger partial charge in [-0.05, 0) is 24.6 Å². The second-order valence-corrected chi connectivity index (χ2v) is 11.9. The number of ether oxygens (including phenoxy) is 5. The van der Waals surface area contributed by atoms with E-state index in [0.717, 1.165) is 5.41 Å². The minimum atomic E-state index is -4.08. The average Bonchev–Trinajstić information content (AvgIpc) is 3.38. The van der Waals surface area contributed by atoms with Gasteiger partial charge in [0.1, 0.15) is 17.2 Å². The number of hydrogen-bond acceptors (Lipinski definition) is 13. The van der Waals surface area contributed by atoms with Crippen molar-refractivity contribution in [2.45, 2.75) is 32.1 Å². The van der Waals surface area contributed by atoms with Crippen molar-refractivity contribution in [3.05, 3.63) is 41.3 Å². The molecule has 2 N–H and O–H groups in total. The quantitative estimate of drug-likeness (QED) is 0.227. The molecule has 18 heteroatoms. The number of amides is 4. The Hall–Kier alpha value is -5.52. The lowest BCUT2D eigenvalue weighted by atomic mass is 10.1. The fourth-order valence-electron chi connectivity index (χ4n) is 4.29. The largest absolute Gasteiger partial charge is 0.496 e. The maximum absolute atomic E-state index is 12.9. The first-order chi connectivity index (χ1) is 23.3. The second kappa shape index (κ2) is 17.6. The predicted molar refractivity (Wildman–Crippen MR) is 173 cm³/mol. The van der Waals surface area contributed by atoms with E-state index in [4.69, 9.17) is 28.5 Å². The first-order valence-electron chi connectivity index (χ1n) is 14.8. The topological polar surface area (TPSA) is 205 Å². The fraction of sp³-hybridized carbons (Fsp3) is 0.387. The lowest BCUT2D eigenvalue weighted by Gasteiger charge is -2.18. The number of hydrogen-bond donors (Lipinski definition) is 2. The first-order valence-corrected chi connectivity index (χ1v) is 16.3. The Kier molecular flexibility index (Phi) is 13.6. The van der Waals surface area contributed by atoms with E-state index in [9.17, 15) is 32.4 Å². The van der Waals surface area contributed by atoms with Crippen LogP contribution >= 0.6 is 0 Å². The SMILES string of the molecule is COc1cc(OC)c(/C=C/S(=O)(=O)Nc2ccc(OC)c(OC(=O)N(C)CCNC(=O)CCCC(=O)ON3C(=O)CCC3=O)c2)c(OC)c1. The second-order valence-electron chi connectivity index (χ2n) is 10.3. The molecule has 1 fully saturated rings. The number of anilines is 1. The molecule has 4 amide bonds. The minimum absolute atomic E-state index is 0.0182. The van der Waals surface area contributed by atoms with E-state index in [-0.39, 0.29) is 62.4 Å². The fourth-order valence-corrected chi connectivity index (χ4v) is 5.12. The van der Waals surface area contributed by atoms with Crippen molar-refractivity contribution < 1.29 is 60.9 Å².